The van der Waals surface area contributed by atoms with Gasteiger partial charge in [0.15, 0.2) is 0 Å². The van der Waals surface area contributed by atoms with Crippen molar-refractivity contribution in [3.8, 4) is 0 Å². The van der Waals surface area contributed by atoms with Gasteiger partial charge >= 0.3 is 6.03 Å². The first-order valence-corrected chi connectivity index (χ1v) is 6.94. The number of nitrogens with one attached hydrogen (secondary N) is 1. The number of carbonyl (C=O) groups excluding carboxylic acids is 1. The van der Waals surface area contributed by atoms with Crippen LogP contribution in [0, 0.1) is 0 Å². The molecule has 0 aromatic rings. The average Bonchev–Trinajstić information content (AvgIpc) is 2.12. The fourth-order valence-electron chi connectivity index (χ4n) is 0.953. The molecule has 0 rings (SSSR count). The molecule has 0 aromatic carbocycles. The van der Waals surface area contributed by atoms with Gasteiger partial charge in [-0.3, -0.25) is 0 Å². The molecule has 0 radical (unpaired) electrons. The van der Waals surface area contributed by atoms with Crippen molar-refractivity contribution >= 4 is 29.6 Å². The molecule has 14 heavy (non-hydrogen) atoms. The van der Waals surface area contributed by atoms with Gasteiger partial charge in [0.25, 0.3) is 0 Å². The number of hydrogen-bond donors (Lipinski definition) is 2. The summed E-state index contributed by atoms with van der Waals surface area (Å²) in [6, 6.07) is -0.436. The first kappa shape index (κ1) is 14.0. The predicted octanol–water partition coefficient (Wildman–Crippen LogP) is 1.92. The number of hydrogen-bond acceptors (Lipinski definition) is 3. The Morgan fingerprint density at radius 2 is 1.93 bits per heavy atom. The van der Waals surface area contributed by atoms with Crippen LogP contribution in [0.2, 0.25) is 0 Å². The highest BCUT2D eigenvalue weighted by atomic mass is 32.2. The molecule has 0 bridgehead atoms. The van der Waals surface area contributed by atoms with E-state index >= 15 is 0 Å². The van der Waals surface area contributed by atoms with Crippen LogP contribution in [-0.2, 0) is 0 Å². The van der Waals surface area contributed by atoms with Gasteiger partial charge < -0.3 is 11.1 Å². The topological polar surface area (TPSA) is 55.1 Å². The summed E-state index contributed by atoms with van der Waals surface area (Å²) in [6.45, 7) is 7.30. The molecule has 3 nitrogen and oxygen atoms in total. The molecule has 5 heteroatoms. The van der Waals surface area contributed by atoms with Gasteiger partial charge in [-0.2, -0.15) is 23.5 Å². The van der Waals surface area contributed by atoms with Crippen LogP contribution in [0.3, 0.4) is 0 Å². The summed E-state index contributed by atoms with van der Waals surface area (Å²) in [6.07, 6.45) is 0. The van der Waals surface area contributed by atoms with Crippen molar-refractivity contribution in [1.29, 1.82) is 0 Å². The van der Waals surface area contributed by atoms with Gasteiger partial charge in [0, 0.05) is 22.8 Å². The minimum Gasteiger partial charge on any atom is -0.352 e. The third kappa shape index (κ3) is 7.38. The molecule has 0 aliphatic heterocycles. The maximum atomic E-state index is 10.4. The number of rotatable bonds is 7. The Kier molecular flexibility index (Phi) is 8.27. The zero-order valence-electron chi connectivity index (χ0n) is 9.08. The molecule has 84 valence electrons. The molecule has 2 unspecified atom stereocenters. The lowest BCUT2D eigenvalue weighted by molar-refractivity contribution is 0.249. The van der Waals surface area contributed by atoms with E-state index in [9.17, 15) is 4.79 Å². The Bertz CT molecular complexity index is 167. The Labute approximate surface area is 95.0 Å². The van der Waals surface area contributed by atoms with Gasteiger partial charge in [-0.1, -0.05) is 20.8 Å². The molecule has 0 aromatic heterocycles. The fraction of sp³-hybridized carbons (Fsp3) is 0.889. The number of primary amides is 1. The van der Waals surface area contributed by atoms with E-state index in [1.807, 2.05) is 23.5 Å². The Hall–Kier alpha value is -0.0300. The molecule has 2 amide bonds. The average molecular weight is 236 g/mol. The Morgan fingerprint density at radius 1 is 1.36 bits per heavy atom. The summed E-state index contributed by atoms with van der Waals surface area (Å²) in [5.74, 6) is 2.09. The third-order valence-electron chi connectivity index (χ3n) is 1.87. The van der Waals surface area contributed by atoms with Gasteiger partial charge in [0.05, 0.1) is 0 Å². The van der Waals surface area contributed by atoms with Crippen molar-refractivity contribution in [3.05, 3.63) is 0 Å². The first-order chi connectivity index (χ1) is 6.57. The lowest BCUT2D eigenvalue weighted by atomic mass is 10.4. The predicted molar refractivity (Wildman–Crippen MR) is 67.1 cm³/mol. The molecular weight excluding hydrogens is 216 g/mol. The standard InChI is InChI=1S/C9H20N2OS2/c1-4-13-7(2)8(3)14-6-5-11-9(10)12/h7-8H,4-6H2,1-3H3,(H3,10,11,12). The van der Waals surface area contributed by atoms with Crippen molar-refractivity contribution in [1.82, 2.24) is 5.32 Å². The number of thioether (sulfide) groups is 2. The second-order valence-electron chi connectivity index (χ2n) is 3.03. The summed E-state index contributed by atoms with van der Waals surface area (Å²) in [4.78, 5) is 10.4. The van der Waals surface area contributed by atoms with E-state index in [0.717, 1.165) is 11.5 Å². The van der Waals surface area contributed by atoms with E-state index in [-0.39, 0.29) is 0 Å². The summed E-state index contributed by atoms with van der Waals surface area (Å²) in [5, 5.41) is 3.87. The largest absolute Gasteiger partial charge is 0.352 e. The molecular formula is C9H20N2OS2. The van der Waals surface area contributed by atoms with Crippen molar-refractivity contribution in [2.45, 2.75) is 31.3 Å². The van der Waals surface area contributed by atoms with Crippen LogP contribution < -0.4 is 11.1 Å². The smallest absolute Gasteiger partial charge is 0.312 e. The van der Waals surface area contributed by atoms with Crippen LogP contribution in [0.15, 0.2) is 0 Å². The van der Waals surface area contributed by atoms with Gasteiger partial charge in [-0.15, -0.1) is 0 Å². The minimum atomic E-state index is -0.436. The van der Waals surface area contributed by atoms with E-state index in [1.165, 1.54) is 0 Å². The van der Waals surface area contributed by atoms with Crippen molar-refractivity contribution in [2.75, 3.05) is 18.1 Å². The van der Waals surface area contributed by atoms with Gasteiger partial charge in [0.1, 0.15) is 0 Å². The summed E-state index contributed by atoms with van der Waals surface area (Å²) in [7, 11) is 0. The van der Waals surface area contributed by atoms with E-state index in [0.29, 0.717) is 17.0 Å². The third-order valence-corrected chi connectivity index (χ3v) is 4.69. The quantitative estimate of drug-likeness (QED) is 0.664. The highest BCUT2D eigenvalue weighted by Crippen LogP contribution is 2.23. The minimum absolute atomic E-state index is 0.436. The van der Waals surface area contributed by atoms with Gasteiger partial charge in [-0.05, 0) is 5.75 Å². The second kappa shape index (κ2) is 8.29. The Morgan fingerprint density at radius 3 is 2.43 bits per heavy atom. The lowest BCUT2D eigenvalue weighted by Crippen LogP contribution is -2.31. The van der Waals surface area contributed by atoms with E-state index in [4.69, 9.17) is 5.73 Å². The van der Waals surface area contributed by atoms with Crippen LogP contribution in [0.1, 0.15) is 20.8 Å². The summed E-state index contributed by atoms with van der Waals surface area (Å²) in [5.41, 5.74) is 4.95. The van der Waals surface area contributed by atoms with Crippen LogP contribution in [0.5, 0.6) is 0 Å². The highest BCUT2D eigenvalue weighted by Gasteiger charge is 2.11. The SMILES string of the molecule is CCSC(C)C(C)SCCNC(N)=O. The van der Waals surface area contributed by atoms with Crippen molar-refractivity contribution in [2.24, 2.45) is 5.73 Å². The molecule has 3 N–H and O–H groups in total. The maximum Gasteiger partial charge on any atom is 0.312 e. The maximum absolute atomic E-state index is 10.4. The van der Waals surface area contributed by atoms with Crippen molar-refractivity contribution < 1.29 is 4.79 Å². The first-order valence-electron chi connectivity index (χ1n) is 4.84. The summed E-state index contributed by atoms with van der Waals surface area (Å²) < 4.78 is 0. The van der Waals surface area contributed by atoms with Crippen LogP contribution in [-0.4, -0.2) is 34.6 Å². The van der Waals surface area contributed by atoms with Crippen LogP contribution >= 0.6 is 23.5 Å². The monoisotopic (exact) mass is 236 g/mol. The number of carbonyl (C=O) groups is 1. The molecule has 0 spiro atoms. The number of nitrogens with two attached hydrogens (primary N) is 1. The molecule has 0 aliphatic carbocycles. The molecule has 0 saturated heterocycles. The molecule has 0 saturated carbocycles. The fourth-order valence-corrected chi connectivity index (χ4v) is 3.08. The van der Waals surface area contributed by atoms with Crippen LogP contribution in [0.25, 0.3) is 0 Å². The van der Waals surface area contributed by atoms with E-state index in [2.05, 4.69) is 26.1 Å². The zero-order valence-corrected chi connectivity index (χ0v) is 10.7. The second-order valence-corrected chi connectivity index (χ2v) is 6.17. The molecule has 0 fully saturated rings. The molecule has 0 aliphatic rings. The van der Waals surface area contributed by atoms with Crippen LogP contribution in [0.4, 0.5) is 4.79 Å². The normalized spacial score (nSPS) is 14.8. The van der Waals surface area contributed by atoms with Gasteiger partial charge in [0.2, 0.25) is 0 Å². The number of urea groups is 1. The lowest BCUT2D eigenvalue weighted by Gasteiger charge is -2.18. The Balaban J connectivity index is 3.43. The molecule has 2 atom stereocenters. The van der Waals surface area contributed by atoms with E-state index in [1.54, 1.807) is 0 Å². The summed E-state index contributed by atoms with van der Waals surface area (Å²) >= 11 is 3.85. The highest BCUT2D eigenvalue weighted by molar-refractivity contribution is 8.03. The molecule has 0 heterocycles. The van der Waals surface area contributed by atoms with Gasteiger partial charge in [-0.25, -0.2) is 4.79 Å². The number of amides is 2. The van der Waals surface area contributed by atoms with E-state index < -0.39 is 6.03 Å². The zero-order chi connectivity index (χ0) is 11.0. The van der Waals surface area contributed by atoms with Crippen molar-refractivity contribution in [3.63, 3.8) is 0 Å².